The maximum atomic E-state index is 10.3. The van der Waals surface area contributed by atoms with Gasteiger partial charge in [-0.15, -0.1) is 0 Å². The first-order valence-corrected chi connectivity index (χ1v) is 3.21. The van der Waals surface area contributed by atoms with Gasteiger partial charge in [0.05, 0.1) is 6.07 Å². The van der Waals surface area contributed by atoms with Gasteiger partial charge in [-0.1, -0.05) is 0 Å². The van der Waals surface area contributed by atoms with Crippen LogP contribution in [0.3, 0.4) is 0 Å². The molecular weight excluding hydrogens is 138 g/mol. The van der Waals surface area contributed by atoms with Crippen molar-refractivity contribution < 1.29 is 4.79 Å². The number of nitrogens with zero attached hydrogens (tertiary/aromatic N) is 1. The van der Waals surface area contributed by atoms with Crippen molar-refractivity contribution in [1.29, 1.82) is 5.26 Å². The lowest BCUT2D eigenvalue weighted by atomic mass is 9.77. The fraction of sp³-hybridized carbons (Fsp3) is 0.667. The van der Waals surface area contributed by atoms with Gasteiger partial charge in [-0.3, -0.25) is 4.79 Å². The Morgan fingerprint density at radius 1 is 1.67 bits per heavy atom. The summed E-state index contributed by atoms with van der Waals surface area (Å²) in [7, 11) is 0. The molecule has 0 radical (unpaired) electrons. The van der Waals surface area contributed by atoms with Gasteiger partial charge in [-0.25, -0.2) is 0 Å². The van der Waals surface area contributed by atoms with Gasteiger partial charge in [0.1, 0.15) is 0 Å². The first-order valence-electron chi connectivity index (χ1n) is 2.83. The fourth-order valence-corrected chi connectivity index (χ4v) is 1.09. The average Bonchev–Trinajstić information content (AvgIpc) is 1.61. The van der Waals surface area contributed by atoms with E-state index in [9.17, 15) is 4.79 Å². The molecule has 1 saturated carbocycles. The Labute approximate surface area is 58.4 Å². The highest BCUT2D eigenvalue weighted by Gasteiger charge is 2.33. The minimum atomic E-state index is -0.290. The van der Waals surface area contributed by atoms with Crippen LogP contribution >= 0.6 is 11.6 Å². The van der Waals surface area contributed by atoms with Crippen LogP contribution in [-0.4, -0.2) is 5.24 Å². The molecule has 0 unspecified atom stereocenters. The summed E-state index contributed by atoms with van der Waals surface area (Å²) in [5, 5.41) is 7.99. The second-order valence-corrected chi connectivity index (χ2v) is 2.67. The van der Waals surface area contributed by atoms with E-state index >= 15 is 0 Å². The van der Waals surface area contributed by atoms with Crippen LogP contribution in [-0.2, 0) is 4.79 Å². The third kappa shape index (κ3) is 1.22. The quantitative estimate of drug-likeness (QED) is 0.519. The predicted molar refractivity (Wildman–Crippen MR) is 32.7 cm³/mol. The summed E-state index contributed by atoms with van der Waals surface area (Å²) in [5.41, 5.74) is 0. The first kappa shape index (κ1) is 6.57. The van der Waals surface area contributed by atoms with E-state index in [4.69, 9.17) is 16.9 Å². The van der Waals surface area contributed by atoms with E-state index in [1.165, 1.54) is 0 Å². The standard InChI is InChI=1S/C6H6ClNO/c7-6(9)5-1-4(2-5)3-8/h4-5H,1-2H2. The lowest BCUT2D eigenvalue weighted by Gasteiger charge is -2.26. The molecule has 0 spiro atoms. The van der Waals surface area contributed by atoms with Gasteiger partial charge >= 0.3 is 0 Å². The minimum absolute atomic E-state index is 0.0312. The van der Waals surface area contributed by atoms with Crippen molar-refractivity contribution in [1.82, 2.24) is 0 Å². The number of rotatable bonds is 1. The molecule has 9 heavy (non-hydrogen) atoms. The Morgan fingerprint density at radius 2 is 2.22 bits per heavy atom. The lowest BCUT2D eigenvalue weighted by Crippen LogP contribution is -2.26. The van der Waals surface area contributed by atoms with Crippen LogP contribution in [0.25, 0.3) is 0 Å². The maximum Gasteiger partial charge on any atom is 0.224 e. The van der Waals surface area contributed by atoms with E-state index in [1.807, 2.05) is 0 Å². The molecule has 1 fully saturated rings. The van der Waals surface area contributed by atoms with Crippen molar-refractivity contribution in [3.8, 4) is 6.07 Å². The van der Waals surface area contributed by atoms with Crippen LogP contribution in [0.4, 0.5) is 0 Å². The van der Waals surface area contributed by atoms with E-state index in [-0.39, 0.29) is 17.1 Å². The van der Waals surface area contributed by atoms with E-state index in [1.54, 1.807) is 0 Å². The van der Waals surface area contributed by atoms with Gasteiger partial charge in [0, 0.05) is 11.8 Å². The van der Waals surface area contributed by atoms with Crippen molar-refractivity contribution in [2.45, 2.75) is 12.8 Å². The molecular formula is C6H6ClNO. The Kier molecular flexibility index (Phi) is 1.73. The van der Waals surface area contributed by atoms with E-state index < -0.39 is 0 Å². The Bertz CT molecular complexity index is 166. The molecule has 1 rings (SSSR count). The molecule has 2 nitrogen and oxygen atoms in total. The molecule has 3 heteroatoms. The monoisotopic (exact) mass is 143 g/mol. The molecule has 0 aromatic carbocycles. The van der Waals surface area contributed by atoms with Crippen LogP contribution in [0.5, 0.6) is 0 Å². The molecule has 0 aliphatic heterocycles. The van der Waals surface area contributed by atoms with Crippen LogP contribution in [0.2, 0.25) is 0 Å². The number of hydrogen-bond acceptors (Lipinski definition) is 2. The molecule has 0 amide bonds. The van der Waals surface area contributed by atoms with Crippen molar-refractivity contribution >= 4 is 16.8 Å². The van der Waals surface area contributed by atoms with Gasteiger partial charge in [-0.05, 0) is 24.4 Å². The van der Waals surface area contributed by atoms with Gasteiger partial charge in [0.2, 0.25) is 5.24 Å². The number of halogens is 1. The highest BCUT2D eigenvalue weighted by Crippen LogP contribution is 2.34. The highest BCUT2D eigenvalue weighted by molar-refractivity contribution is 6.64. The number of carbonyl (C=O) groups excluding carboxylic acids is 1. The molecule has 1 aliphatic rings. The summed E-state index contributed by atoms with van der Waals surface area (Å²) in [4.78, 5) is 10.3. The second-order valence-electron chi connectivity index (χ2n) is 2.30. The largest absolute Gasteiger partial charge is 0.281 e. The minimum Gasteiger partial charge on any atom is -0.281 e. The zero-order chi connectivity index (χ0) is 6.85. The number of nitriles is 1. The number of carbonyl (C=O) groups is 1. The summed E-state index contributed by atoms with van der Waals surface area (Å²) in [5.74, 6) is 0.0500. The summed E-state index contributed by atoms with van der Waals surface area (Å²) >= 11 is 5.15. The predicted octanol–water partition coefficient (Wildman–Crippen LogP) is 1.30. The smallest absolute Gasteiger partial charge is 0.224 e. The van der Waals surface area contributed by atoms with Crippen LogP contribution in [0.15, 0.2) is 0 Å². The van der Waals surface area contributed by atoms with Crippen LogP contribution < -0.4 is 0 Å². The zero-order valence-electron chi connectivity index (χ0n) is 4.80. The van der Waals surface area contributed by atoms with Crippen LogP contribution in [0, 0.1) is 23.2 Å². The Hall–Kier alpha value is -0.550. The number of hydrogen-bond donors (Lipinski definition) is 0. The second kappa shape index (κ2) is 2.36. The summed E-state index contributed by atoms with van der Waals surface area (Å²) in [6.45, 7) is 0. The van der Waals surface area contributed by atoms with Gasteiger partial charge in [-0.2, -0.15) is 5.26 Å². The fourth-order valence-electron chi connectivity index (χ4n) is 0.909. The Morgan fingerprint density at radius 3 is 2.56 bits per heavy atom. The summed E-state index contributed by atoms with van der Waals surface area (Å²) in [6, 6.07) is 2.08. The highest BCUT2D eigenvalue weighted by atomic mass is 35.5. The lowest BCUT2D eigenvalue weighted by molar-refractivity contribution is -0.118. The summed E-state index contributed by atoms with van der Waals surface area (Å²) in [6.07, 6.45) is 1.33. The Balaban J connectivity index is 2.29. The van der Waals surface area contributed by atoms with E-state index in [0.717, 1.165) is 0 Å². The molecule has 0 aromatic rings. The van der Waals surface area contributed by atoms with Crippen LogP contribution in [0.1, 0.15) is 12.8 Å². The first-order chi connectivity index (χ1) is 4.24. The topological polar surface area (TPSA) is 40.9 Å². The molecule has 0 bridgehead atoms. The molecule has 0 atom stereocenters. The third-order valence-electron chi connectivity index (χ3n) is 1.64. The van der Waals surface area contributed by atoms with Gasteiger partial charge < -0.3 is 0 Å². The SMILES string of the molecule is N#CC1CC(C(=O)Cl)C1. The average molecular weight is 144 g/mol. The zero-order valence-corrected chi connectivity index (χ0v) is 5.56. The maximum absolute atomic E-state index is 10.3. The van der Waals surface area contributed by atoms with Crippen molar-refractivity contribution in [3.05, 3.63) is 0 Å². The molecule has 0 N–H and O–H groups in total. The molecule has 48 valence electrons. The molecule has 0 saturated heterocycles. The molecule has 1 aliphatic carbocycles. The van der Waals surface area contributed by atoms with E-state index in [0.29, 0.717) is 12.8 Å². The molecule has 0 aromatic heterocycles. The van der Waals surface area contributed by atoms with Gasteiger partial charge in [0.15, 0.2) is 0 Å². The summed E-state index contributed by atoms with van der Waals surface area (Å²) < 4.78 is 0. The normalized spacial score (nSPS) is 32.4. The third-order valence-corrected chi connectivity index (χ3v) is 1.95. The van der Waals surface area contributed by atoms with E-state index in [2.05, 4.69) is 6.07 Å². The van der Waals surface area contributed by atoms with Crippen molar-refractivity contribution in [3.63, 3.8) is 0 Å². The van der Waals surface area contributed by atoms with Crippen molar-refractivity contribution in [2.75, 3.05) is 0 Å². The van der Waals surface area contributed by atoms with Gasteiger partial charge in [0.25, 0.3) is 0 Å². The van der Waals surface area contributed by atoms with Crippen molar-refractivity contribution in [2.24, 2.45) is 11.8 Å². The molecule has 0 heterocycles.